The molecule has 1 unspecified atom stereocenters. The second-order valence-corrected chi connectivity index (χ2v) is 9.49. The minimum Gasteiger partial charge on any atom is -0.455 e. The van der Waals surface area contributed by atoms with E-state index in [1.807, 2.05) is 17.2 Å². The van der Waals surface area contributed by atoms with E-state index in [9.17, 15) is 9.90 Å². The maximum Gasteiger partial charge on any atom is 0.289 e. The number of rotatable bonds is 4. The number of nitrogens with zero attached hydrogens (tertiary/aromatic N) is 2. The van der Waals surface area contributed by atoms with Crippen LogP contribution in [0.1, 0.15) is 48.4 Å². The SMILES string of the molecule is CSCc1ccc(C(=O)N2CCC3(CC2)CC(O)CN(C2CCOCC2)C3)o1. The summed E-state index contributed by atoms with van der Waals surface area (Å²) in [7, 11) is 0. The number of hydrogen-bond donors (Lipinski definition) is 1. The smallest absolute Gasteiger partial charge is 0.289 e. The highest BCUT2D eigenvalue weighted by molar-refractivity contribution is 7.97. The Balaban J connectivity index is 1.37. The molecule has 1 amide bonds. The highest BCUT2D eigenvalue weighted by Gasteiger charge is 2.44. The van der Waals surface area contributed by atoms with Crippen molar-refractivity contribution in [1.29, 1.82) is 0 Å². The van der Waals surface area contributed by atoms with E-state index in [0.29, 0.717) is 11.8 Å². The van der Waals surface area contributed by atoms with E-state index in [-0.39, 0.29) is 17.4 Å². The van der Waals surface area contributed by atoms with Gasteiger partial charge in [-0.2, -0.15) is 11.8 Å². The van der Waals surface area contributed by atoms with Gasteiger partial charge in [0.15, 0.2) is 5.76 Å². The summed E-state index contributed by atoms with van der Waals surface area (Å²) in [5, 5.41) is 10.6. The summed E-state index contributed by atoms with van der Waals surface area (Å²) in [6, 6.07) is 4.23. The van der Waals surface area contributed by atoms with Crippen LogP contribution in [0.15, 0.2) is 16.5 Å². The van der Waals surface area contributed by atoms with Gasteiger partial charge in [0.05, 0.1) is 11.9 Å². The lowest BCUT2D eigenvalue weighted by molar-refractivity contribution is -0.0696. The van der Waals surface area contributed by atoms with Crippen molar-refractivity contribution in [3.05, 3.63) is 23.7 Å². The van der Waals surface area contributed by atoms with Gasteiger partial charge in [0, 0.05) is 45.4 Å². The number of aliphatic hydroxyl groups excluding tert-OH is 1. The van der Waals surface area contributed by atoms with Gasteiger partial charge in [0.1, 0.15) is 5.76 Å². The van der Waals surface area contributed by atoms with Gasteiger partial charge in [-0.15, -0.1) is 0 Å². The third-order valence-corrected chi connectivity index (χ3v) is 7.20. The molecule has 156 valence electrons. The van der Waals surface area contributed by atoms with Gasteiger partial charge >= 0.3 is 0 Å². The Morgan fingerprint density at radius 3 is 2.75 bits per heavy atom. The first-order valence-electron chi connectivity index (χ1n) is 10.5. The average molecular weight is 409 g/mol. The number of piperidine rings is 2. The fraction of sp³-hybridized carbons (Fsp3) is 0.762. The Kier molecular flexibility index (Phi) is 6.35. The lowest BCUT2D eigenvalue weighted by Crippen LogP contribution is -2.57. The van der Waals surface area contributed by atoms with Crippen LogP contribution in [0.3, 0.4) is 0 Å². The number of hydrogen-bond acceptors (Lipinski definition) is 6. The quantitative estimate of drug-likeness (QED) is 0.826. The number of ether oxygens (including phenoxy) is 1. The molecule has 7 heteroatoms. The Bertz CT molecular complexity index is 665. The number of furan rings is 1. The zero-order valence-corrected chi connectivity index (χ0v) is 17.6. The highest BCUT2D eigenvalue weighted by atomic mass is 32.2. The van der Waals surface area contributed by atoms with Crippen LogP contribution in [0.25, 0.3) is 0 Å². The first-order valence-corrected chi connectivity index (χ1v) is 11.8. The number of likely N-dealkylation sites (tertiary alicyclic amines) is 2. The normalized spacial score (nSPS) is 26.6. The zero-order chi connectivity index (χ0) is 19.6. The van der Waals surface area contributed by atoms with E-state index in [1.165, 1.54) is 0 Å². The fourth-order valence-electron chi connectivity index (χ4n) is 5.14. The molecule has 28 heavy (non-hydrogen) atoms. The van der Waals surface area contributed by atoms with Crippen LogP contribution in [-0.4, -0.2) is 78.6 Å². The van der Waals surface area contributed by atoms with E-state index in [4.69, 9.17) is 9.15 Å². The third-order valence-electron chi connectivity index (χ3n) is 6.63. The van der Waals surface area contributed by atoms with Crippen molar-refractivity contribution in [2.24, 2.45) is 5.41 Å². The number of thioether (sulfide) groups is 1. The van der Waals surface area contributed by atoms with E-state index >= 15 is 0 Å². The standard InChI is InChI=1S/C21H32N2O4S/c1-28-14-18-2-3-19(27-18)20(25)22-8-6-21(7-9-22)12-17(24)13-23(15-21)16-4-10-26-11-5-16/h2-3,16-17,24H,4-15H2,1H3. The summed E-state index contributed by atoms with van der Waals surface area (Å²) in [6.07, 6.45) is 6.64. The van der Waals surface area contributed by atoms with Crippen molar-refractivity contribution in [1.82, 2.24) is 9.80 Å². The molecule has 4 rings (SSSR count). The minimum atomic E-state index is -0.266. The number of carbonyl (C=O) groups is 1. The van der Waals surface area contributed by atoms with Crippen LogP contribution in [0.2, 0.25) is 0 Å². The Labute approximate surface area is 171 Å². The van der Waals surface area contributed by atoms with Crippen LogP contribution >= 0.6 is 11.8 Å². The molecule has 1 spiro atoms. The highest BCUT2D eigenvalue weighted by Crippen LogP contribution is 2.41. The molecule has 0 aliphatic carbocycles. The summed E-state index contributed by atoms with van der Waals surface area (Å²) >= 11 is 1.69. The van der Waals surface area contributed by atoms with Crippen molar-refractivity contribution in [2.75, 3.05) is 45.6 Å². The van der Waals surface area contributed by atoms with Crippen molar-refractivity contribution in [3.8, 4) is 0 Å². The molecule has 0 saturated carbocycles. The predicted octanol–water partition coefficient (Wildman–Crippen LogP) is 2.61. The third kappa shape index (κ3) is 4.42. The first-order chi connectivity index (χ1) is 13.6. The van der Waals surface area contributed by atoms with Crippen LogP contribution in [-0.2, 0) is 10.5 Å². The average Bonchev–Trinajstić information content (AvgIpc) is 3.17. The summed E-state index contributed by atoms with van der Waals surface area (Å²) in [4.78, 5) is 17.2. The Hall–Kier alpha value is -1.02. The van der Waals surface area contributed by atoms with Gasteiger partial charge < -0.3 is 19.2 Å². The molecule has 1 N–H and O–H groups in total. The molecule has 3 fully saturated rings. The molecular formula is C21H32N2O4S. The summed E-state index contributed by atoms with van der Waals surface area (Å²) < 4.78 is 11.2. The summed E-state index contributed by atoms with van der Waals surface area (Å²) in [6.45, 7) is 4.95. The number of carbonyl (C=O) groups excluding carboxylic acids is 1. The fourth-order valence-corrected chi connectivity index (χ4v) is 5.58. The largest absolute Gasteiger partial charge is 0.455 e. The van der Waals surface area contributed by atoms with Gasteiger partial charge in [0.25, 0.3) is 5.91 Å². The second kappa shape index (κ2) is 8.78. The number of amides is 1. The molecule has 0 aromatic carbocycles. The summed E-state index contributed by atoms with van der Waals surface area (Å²) in [5.74, 6) is 2.09. The zero-order valence-electron chi connectivity index (χ0n) is 16.8. The van der Waals surface area contributed by atoms with Gasteiger partial charge in [-0.1, -0.05) is 0 Å². The van der Waals surface area contributed by atoms with Crippen LogP contribution < -0.4 is 0 Å². The predicted molar refractivity (Wildman–Crippen MR) is 110 cm³/mol. The molecule has 4 heterocycles. The Morgan fingerprint density at radius 2 is 2.04 bits per heavy atom. The lowest BCUT2D eigenvalue weighted by Gasteiger charge is -2.51. The molecule has 0 radical (unpaired) electrons. The van der Waals surface area contributed by atoms with Crippen LogP contribution in [0, 0.1) is 5.41 Å². The van der Waals surface area contributed by atoms with Gasteiger partial charge in [-0.05, 0) is 55.9 Å². The molecule has 0 bridgehead atoms. The van der Waals surface area contributed by atoms with E-state index in [2.05, 4.69) is 4.90 Å². The molecule has 1 aromatic rings. The van der Waals surface area contributed by atoms with Crippen molar-refractivity contribution in [2.45, 2.75) is 50.0 Å². The van der Waals surface area contributed by atoms with Gasteiger partial charge in [0.2, 0.25) is 0 Å². The van der Waals surface area contributed by atoms with Crippen molar-refractivity contribution >= 4 is 17.7 Å². The van der Waals surface area contributed by atoms with Crippen LogP contribution in [0.5, 0.6) is 0 Å². The molecule has 1 atom stereocenters. The van der Waals surface area contributed by atoms with Gasteiger partial charge in [-0.3, -0.25) is 9.69 Å². The molecule has 3 aliphatic heterocycles. The van der Waals surface area contributed by atoms with Crippen molar-refractivity contribution < 1.29 is 19.1 Å². The first kappa shape index (κ1) is 20.3. The Morgan fingerprint density at radius 1 is 1.29 bits per heavy atom. The monoisotopic (exact) mass is 408 g/mol. The molecule has 1 aromatic heterocycles. The maximum absolute atomic E-state index is 12.8. The van der Waals surface area contributed by atoms with Crippen molar-refractivity contribution in [3.63, 3.8) is 0 Å². The van der Waals surface area contributed by atoms with E-state index in [1.54, 1.807) is 17.8 Å². The topological polar surface area (TPSA) is 66.2 Å². The maximum atomic E-state index is 12.8. The lowest BCUT2D eigenvalue weighted by atomic mass is 9.71. The van der Waals surface area contributed by atoms with E-state index < -0.39 is 0 Å². The molecule has 6 nitrogen and oxygen atoms in total. The minimum absolute atomic E-state index is 0.000142. The van der Waals surface area contributed by atoms with Gasteiger partial charge in [-0.25, -0.2) is 0 Å². The summed E-state index contributed by atoms with van der Waals surface area (Å²) in [5.41, 5.74) is 0.125. The van der Waals surface area contributed by atoms with E-state index in [0.717, 1.165) is 83.0 Å². The number of aliphatic hydroxyl groups is 1. The van der Waals surface area contributed by atoms with Crippen LogP contribution in [0.4, 0.5) is 0 Å². The number of β-amino-alcohol motifs (C(OH)–C–C–N with tert-alkyl or cyclic N) is 1. The molecule has 3 aliphatic rings. The second-order valence-electron chi connectivity index (χ2n) is 8.62. The molecule has 3 saturated heterocycles. The molecular weight excluding hydrogens is 376 g/mol.